The zero-order valence-corrected chi connectivity index (χ0v) is 15.5. The average molecular weight is 347 g/mol. The Labute approximate surface area is 154 Å². The molecule has 4 heteroatoms. The van der Waals surface area contributed by atoms with Crippen molar-refractivity contribution in [3.63, 3.8) is 0 Å². The highest BCUT2D eigenvalue weighted by Gasteiger charge is 2.11. The SMILES string of the molecule is COc1ccc2nc(C)cc(Nc3ccc(N4CCCCC4)cc3)c2c1. The standard InChI is InChI=1S/C22H25N3O/c1-16-14-22(20-15-19(26-2)10-11-21(20)23-16)24-17-6-8-18(9-7-17)25-12-4-3-5-13-25/h6-11,14-15H,3-5,12-13H2,1-2H3,(H,23,24). The molecule has 0 radical (unpaired) electrons. The summed E-state index contributed by atoms with van der Waals surface area (Å²) >= 11 is 0. The van der Waals surface area contributed by atoms with Gasteiger partial charge in [0.05, 0.1) is 12.6 Å². The van der Waals surface area contributed by atoms with Crippen molar-refractivity contribution >= 4 is 28.0 Å². The third-order valence-corrected chi connectivity index (χ3v) is 5.01. The summed E-state index contributed by atoms with van der Waals surface area (Å²) < 4.78 is 5.38. The molecular weight excluding hydrogens is 322 g/mol. The summed E-state index contributed by atoms with van der Waals surface area (Å²) in [6, 6.07) is 16.8. The van der Waals surface area contributed by atoms with E-state index in [-0.39, 0.29) is 0 Å². The molecule has 2 aromatic carbocycles. The molecule has 0 spiro atoms. The van der Waals surface area contributed by atoms with E-state index in [1.54, 1.807) is 7.11 Å². The van der Waals surface area contributed by atoms with E-state index in [2.05, 4.69) is 45.5 Å². The van der Waals surface area contributed by atoms with Crippen molar-refractivity contribution in [1.29, 1.82) is 0 Å². The Hall–Kier alpha value is -2.75. The Kier molecular flexibility index (Phi) is 4.65. The molecule has 0 aliphatic carbocycles. The average Bonchev–Trinajstić information content (AvgIpc) is 2.69. The van der Waals surface area contributed by atoms with Gasteiger partial charge in [-0.05, 0) is 74.7 Å². The molecule has 2 heterocycles. The Bertz CT molecular complexity index is 899. The minimum Gasteiger partial charge on any atom is -0.497 e. The first kappa shape index (κ1) is 16.7. The maximum Gasteiger partial charge on any atom is 0.119 e. The third-order valence-electron chi connectivity index (χ3n) is 5.01. The molecule has 3 aromatic rings. The number of nitrogens with zero attached hydrogens (tertiary/aromatic N) is 2. The molecule has 1 aromatic heterocycles. The number of methoxy groups -OCH3 is 1. The zero-order chi connectivity index (χ0) is 17.9. The van der Waals surface area contributed by atoms with Crippen molar-refractivity contribution in [1.82, 2.24) is 4.98 Å². The predicted molar refractivity (Wildman–Crippen MR) is 109 cm³/mol. The van der Waals surface area contributed by atoms with Crippen LogP contribution < -0.4 is 15.0 Å². The van der Waals surface area contributed by atoms with E-state index in [0.717, 1.165) is 33.7 Å². The second-order valence-corrected chi connectivity index (χ2v) is 6.91. The monoisotopic (exact) mass is 347 g/mol. The number of anilines is 3. The topological polar surface area (TPSA) is 37.4 Å². The van der Waals surface area contributed by atoms with Crippen LogP contribution >= 0.6 is 0 Å². The van der Waals surface area contributed by atoms with Gasteiger partial charge in [-0.15, -0.1) is 0 Å². The van der Waals surface area contributed by atoms with Crippen LogP contribution in [0.4, 0.5) is 17.1 Å². The Balaban J connectivity index is 1.62. The minimum atomic E-state index is 0.839. The number of hydrogen-bond donors (Lipinski definition) is 1. The van der Waals surface area contributed by atoms with E-state index in [0.29, 0.717) is 0 Å². The van der Waals surface area contributed by atoms with E-state index in [4.69, 9.17) is 4.74 Å². The van der Waals surface area contributed by atoms with E-state index >= 15 is 0 Å². The summed E-state index contributed by atoms with van der Waals surface area (Å²) in [7, 11) is 1.69. The van der Waals surface area contributed by atoms with Crippen molar-refractivity contribution < 1.29 is 4.74 Å². The van der Waals surface area contributed by atoms with Crippen molar-refractivity contribution in [3.8, 4) is 5.75 Å². The van der Waals surface area contributed by atoms with Crippen molar-refractivity contribution in [2.24, 2.45) is 0 Å². The second-order valence-electron chi connectivity index (χ2n) is 6.91. The predicted octanol–water partition coefficient (Wildman–Crippen LogP) is 5.29. The van der Waals surface area contributed by atoms with Gasteiger partial charge in [0, 0.05) is 41.2 Å². The number of ether oxygens (including phenoxy) is 1. The zero-order valence-electron chi connectivity index (χ0n) is 15.5. The lowest BCUT2D eigenvalue weighted by molar-refractivity contribution is 0.415. The van der Waals surface area contributed by atoms with Crippen LogP contribution in [0.5, 0.6) is 5.75 Å². The molecule has 4 nitrogen and oxygen atoms in total. The number of nitrogens with one attached hydrogen (secondary N) is 1. The minimum absolute atomic E-state index is 0.839. The smallest absolute Gasteiger partial charge is 0.119 e. The molecule has 0 atom stereocenters. The molecular formula is C22H25N3O. The highest BCUT2D eigenvalue weighted by molar-refractivity contribution is 5.94. The molecule has 0 amide bonds. The van der Waals surface area contributed by atoms with Gasteiger partial charge in [-0.25, -0.2) is 0 Å². The Morgan fingerprint density at radius 2 is 1.73 bits per heavy atom. The van der Waals surface area contributed by atoms with Gasteiger partial charge in [0.25, 0.3) is 0 Å². The van der Waals surface area contributed by atoms with Crippen LogP contribution in [0, 0.1) is 6.92 Å². The molecule has 1 aliphatic heterocycles. The van der Waals surface area contributed by atoms with Crippen LogP contribution in [0.25, 0.3) is 10.9 Å². The normalized spacial score (nSPS) is 14.5. The van der Waals surface area contributed by atoms with E-state index in [1.807, 2.05) is 25.1 Å². The van der Waals surface area contributed by atoms with E-state index in [9.17, 15) is 0 Å². The third kappa shape index (κ3) is 3.45. The molecule has 1 fully saturated rings. The fourth-order valence-electron chi connectivity index (χ4n) is 3.63. The van der Waals surface area contributed by atoms with Crippen LogP contribution in [-0.2, 0) is 0 Å². The van der Waals surface area contributed by atoms with Crippen LogP contribution in [0.1, 0.15) is 25.0 Å². The first-order chi connectivity index (χ1) is 12.7. The van der Waals surface area contributed by atoms with Crippen LogP contribution in [0.2, 0.25) is 0 Å². The largest absolute Gasteiger partial charge is 0.497 e. The summed E-state index contributed by atoms with van der Waals surface area (Å²) in [6.07, 6.45) is 3.95. The van der Waals surface area contributed by atoms with Crippen molar-refractivity contribution in [3.05, 3.63) is 54.2 Å². The van der Waals surface area contributed by atoms with Gasteiger partial charge in [0.1, 0.15) is 5.75 Å². The van der Waals surface area contributed by atoms with Crippen LogP contribution in [0.3, 0.4) is 0 Å². The molecule has 0 unspecified atom stereocenters. The Morgan fingerprint density at radius 1 is 0.962 bits per heavy atom. The van der Waals surface area contributed by atoms with Gasteiger partial charge in [-0.1, -0.05) is 0 Å². The lowest BCUT2D eigenvalue weighted by Gasteiger charge is -2.28. The Morgan fingerprint density at radius 3 is 2.46 bits per heavy atom. The molecule has 26 heavy (non-hydrogen) atoms. The second kappa shape index (κ2) is 7.24. The summed E-state index contributed by atoms with van der Waals surface area (Å²) in [5.74, 6) is 0.839. The molecule has 4 rings (SSSR count). The lowest BCUT2D eigenvalue weighted by atomic mass is 10.1. The summed E-state index contributed by atoms with van der Waals surface area (Å²) in [4.78, 5) is 7.10. The maximum atomic E-state index is 5.38. The van der Waals surface area contributed by atoms with Gasteiger partial charge in [-0.3, -0.25) is 4.98 Å². The lowest BCUT2D eigenvalue weighted by Crippen LogP contribution is -2.29. The fourth-order valence-corrected chi connectivity index (χ4v) is 3.63. The van der Waals surface area contributed by atoms with Crippen molar-refractivity contribution in [2.45, 2.75) is 26.2 Å². The van der Waals surface area contributed by atoms with Gasteiger partial charge in [-0.2, -0.15) is 0 Å². The number of pyridine rings is 1. The molecule has 1 N–H and O–H groups in total. The van der Waals surface area contributed by atoms with Gasteiger partial charge < -0.3 is 15.0 Å². The summed E-state index contributed by atoms with van der Waals surface area (Å²) in [5, 5.41) is 4.62. The maximum absolute atomic E-state index is 5.38. The van der Waals surface area contributed by atoms with E-state index < -0.39 is 0 Å². The first-order valence-corrected chi connectivity index (χ1v) is 9.30. The highest BCUT2D eigenvalue weighted by Crippen LogP contribution is 2.30. The molecule has 134 valence electrons. The quantitative estimate of drug-likeness (QED) is 0.696. The first-order valence-electron chi connectivity index (χ1n) is 9.30. The van der Waals surface area contributed by atoms with Gasteiger partial charge in [0.15, 0.2) is 0 Å². The van der Waals surface area contributed by atoms with Gasteiger partial charge >= 0.3 is 0 Å². The molecule has 1 aliphatic rings. The van der Waals surface area contributed by atoms with E-state index in [1.165, 1.54) is 38.0 Å². The molecule has 0 bridgehead atoms. The fraction of sp³-hybridized carbons (Fsp3) is 0.318. The number of fused-ring (bicyclic) bond motifs is 1. The number of rotatable bonds is 4. The molecule has 0 saturated carbocycles. The number of aryl methyl sites for hydroxylation is 1. The van der Waals surface area contributed by atoms with Gasteiger partial charge in [0.2, 0.25) is 0 Å². The number of aromatic nitrogens is 1. The summed E-state index contributed by atoms with van der Waals surface area (Å²) in [6.45, 7) is 4.36. The van der Waals surface area contributed by atoms with Crippen molar-refractivity contribution in [2.75, 3.05) is 30.4 Å². The van der Waals surface area contributed by atoms with Crippen LogP contribution in [-0.4, -0.2) is 25.2 Å². The number of piperidine rings is 1. The highest BCUT2D eigenvalue weighted by atomic mass is 16.5. The van der Waals surface area contributed by atoms with Crippen LogP contribution in [0.15, 0.2) is 48.5 Å². The number of hydrogen-bond acceptors (Lipinski definition) is 4. The number of benzene rings is 2. The summed E-state index contributed by atoms with van der Waals surface area (Å²) in [5.41, 5.74) is 5.42. The molecule has 1 saturated heterocycles.